The van der Waals surface area contributed by atoms with Crippen LogP contribution in [0.2, 0.25) is 0 Å². The zero-order valence-corrected chi connectivity index (χ0v) is 21.4. The Kier molecular flexibility index (Phi) is 8.11. The molecule has 2 aromatic rings. The summed E-state index contributed by atoms with van der Waals surface area (Å²) >= 11 is 0. The summed E-state index contributed by atoms with van der Waals surface area (Å²) in [6, 6.07) is 8.18. The number of allylic oxidation sites excluding steroid dienone is 1. The number of nitrogens with zero attached hydrogens (tertiary/aromatic N) is 2. The molecule has 0 spiro atoms. The number of nitrogens with one attached hydrogen (secondary N) is 1. The number of aliphatic hydroxyl groups excluding tert-OH is 1. The number of benzene rings is 1. The van der Waals surface area contributed by atoms with E-state index in [2.05, 4.69) is 23.2 Å². The normalized spacial score (nSPS) is 20.0. The number of carbonyl (C=O) groups is 1. The first-order valence-electron chi connectivity index (χ1n) is 12.9. The van der Waals surface area contributed by atoms with Crippen LogP contribution in [0.3, 0.4) is 0 Å². The van der Waals surface area contributed by atoms with Crippen molar-refractivity contribution in [1.82, 2.24) is 4.98 Å². The Morgan fingerprint density at radius 1 is 1.27 bits per heavy atom. The minimum atomic E-state index is -4.40. The molecule has 1 aliphatic heterocycles. The van der Waals surface area contributed by atoms with E-state index in [1.54, 1.807) is 32.2 Å². The fraction of sp³-hybridized carbons (Fsp3) is 0.500. The molecule has 0 amide bonds. The molecular formula is C28H34F3N3O3. The van der Waals surface area contributed by atoms with Crippen LogP contribution in [0, 0.1) is 5.92 Å². The molecule has 6 nitrogen and oxygen atoms in total. The van der Waals surface area contributed by atoms with Crippen molar-refractivity contribution < 1.29 is 27.8 Å². The summed E-state index contributed by atoms with van der Waals surface area (Å²) in [5, 5.41) is 13.0. The average Bonchev–Trinajstić information content (AvgIpc) is 3.65. The van der Waals surface area contributed by atoms with Crippen LogP contribution in [0.25, 0.3) is 5.57 Å². The van der Waals surface area contributed by atoms with Gasteiger partial charge < -0.3 is 20.1 Å². The highest BCUT2D eigenvalue weighted by Crippen LogP contribution is 2.51. The molecule has 1 aromatic carbocycles. The lowest BCUT2D eigenvalue weighted by Gasteiger charge is -2.28. The van der Waals surface area contributed by atoms with E-state index in [0.29, 0.717) is 18.0 Å². The molecule has 37 heavy (non-hydrogen) atoms. The van der Waals surface area contributed by atoms with Gasteiger partial charge in [0.15, 0.2) is 12.4 Å². The van der Waals surface area contributed by atoms with Crippen molar-refractivity contribution in [2.45, 2.75) is 70.8 Å². The van der Waals surface area contributed by atoms with Gasteiger partial charge in [0.25, 0.3) is 0 Å². The summed E-state index contributed by atoms with van der Waals surface area (Å²) in [4.78, 5) is 19.2. The van der Waals surface area contributed by atoms with Crippen molar-refractivity contribution in [3.63, 3.8) is 0 Å². The zero-order chi connectivity index (χ0) is 26.7. The molecule has 0 saturated heterocycles. The van der Waals surface area contributed by atoms with Gasteiger partial charge in [0.1, 0.15) is 11.9 Å². The van der Waals surface area contributed by atoms with Gasteiger partial charge in [-0.05, 0) is 68.4 Å². The molecule has 2 heterocycles. The molecule has 4 rings (SSSR count). The first-order chi connectivity index (χ1) is 17.6. The van der Waals surface area contributed by atoms with Crippen LogP contribution in [0.5, 0.6) is 5.75 Å². The Bertz CT molecular complexity index is 1130. The number of anilines is 2. The third-order valence-corrected chi connectivity index (χ3v) is 6.77. The quantitative estimate of drug-likeness (QED) is 0.385. The number of hydrogen-bond acceptors (Lipinski definition) is 6. The number of fused-ring (bicyclic) bond motifs is 1. The number of ether oxygens (including phenoxy) is 1. The number of aromatic nitrogens is 1. The van der Waals surface area contributed by atoms with Crippen molar-refractivity contribution in [2.24, 2.45) is 5.92 Å². The van der Waals surface area contributed by atoms with Crippen LogP contribution in [-0.2, 0) is 4.79 Å². The van der Waals surface area contributed by atoms with E-state index in [-0.39, 0.29) is 17.6 Å². The summed E-state index contributed by atoms with van der Waals surface area (Å²) < 4.78 is 43.3. The lowest BCUT2D eigenvalue weighted by Crippen LogP contribution is -2.35. The molecule has 0 radical (unpaired) electrons. The van der Waals surface area contributed by atoms with E-state index >= 15 is 0 Å². The van der Waals surface area contributed by atoms with Crippen molar-refractivity contribution >= 4 is 22.7 Å². The lowest BCUT2D eigenvalue weighted by atomic mass is 9.98. The van der Waals surface area contributed by atoms with Crippen LogP contribution in [0.1, 0.15) is 63.8 Å². The van der Waals surface area contributed by atoms with Gasteiger partial charge >= 0.3 is 6.18 Å². The minimum Gasteiger partial charge on any atom is -0.484 e. The third kappa shape index (κ3) is 6.44. The molecule has 0 bridgehead atoms. The Morgan fingerprint density at radius 3 is 2.62 bits per heavy atom. The SMILES string of the molecule is CCC=C1c2ccc(OCC(F)(F)F)cc2N(CC2CC2)C1c1ccc(NC(C)C(=O)C(O)CC)cn1. The van der Waals surface area contributed by atoms with Crippen LogP contribution >= 0.6 is 0 Å². The highest BCUT2D eigenvalue weighted by Gasteiger charge is 2.39. The van der Waals surface area contributed by atoms with Crippen LogP contribution in [-0.4, -0.2) is 47.3 Å². The zero-order valence-electron chi connectivity index (χ0n) is 21.4. The summed E-state index contributed by atoms with van der Waals surface area (Å²) in [5.41, 5.74) is 4.38. The molecule has 9 heteroatoms. The maximum Gasteiger partial charge on any atom is 0.422 e. The number of halogens is 3. The second-order valence-corrected chi connectivity index (χ2v) is 9.81. The van der Waals surface area contributed by atoms with E-state index in [0.717, 1.165) is 48.3 Å². The Balaban J connectivity index is 1.62. The lowest BCUT2D eigenvalue weighted by molar-refractivity contribution is -0.153. The fourth-order valence-corrected chi connectivity index (χ4v) is 4.71. The number of carbonyl (C=O) groups excluding carboxylic acids is 1. The molecule has 3 unspecified atom stereocenters. The Labute approximate surface area is 215 Å². The maximum absolute atomic E-state index is 12.7. The summed E-state index contributed by atoms with van der Waals surface area (Å²) in [7, 11) is 0. The van der Waals surface area contributed by atoms with Gasteiger partial charge in [-0.3, -0.25) is 9.78 Å². The van der Waals surface area contributed by atoms with Crippen LogP contribution in [0.4, 0.5) is 24.5 Å². The second kappa shape index (κ2) is 11.1. The molecule has 1 aliphatic carbocycles. The number of pyridine rings is 1. The Morgan fingerprint density at radius 2 is 2.03 bits per heavy atom. The number of Topliss-reactive ketones (excluding diaryl/α,β-unsaturated/α-hetero) is 1. The highest BCUT2D eigenvalue weighted by atomic mass is 19.4. The summed E-state index contributed by atoms with van der Waals surface area (Å²) in [6.07, 6.45) is 1.83. The van der Waals surface area contributed by atoms with E-state index in [1.165, 1.54) is 0 Å². The molecular weight excluding hydrogens is 483 g/mol. The predicted molar refractivity (Wildman–Crippen MR) is 138 cm³/mol. The monoisotopic (exact) mass is 517 g/mol. The smallest absolute Gasteiger partial charge is 0.422 e. The van der Waals surface area contributed by atoms with Crippen molar-refractivity contribution in [3.8, 4) is 5.75 Å². The van der Waals surface area contributed by atoms with Crippen LogP contribution < -0.4 is 15.0 Å². The molecule has 2 aliphatic rings. The van der Waals surface area contributed by atoms with Gasteiger partial charge in [-0.1, -0.05) is 19.9 Å². The fourth-order valence-electron chi connectivity index (χ4n) is 4.71. The first kappa shape index (κ1) is 27.0. The summed E-state index contributed by atoms with van der Waals surface area (Å²) in [5.74, 6) is 0.452. The molecule has 1 saturated carbocycles. The number of alkyl halides is 3. The first-order valence-corrected chi connectivity index (χ1v) is 12.9. The summed E-state index contributed by atoms with van der Waals surface area (Å²) in [6.45, 7) is 4.97. The number of aliphatic hydroxyl groups is 1. The standard InChI is InChI=1S/C28H34F3N3O3/c1-4-6-22-21-11-10-20(37-16-28(29,30)31)13-24(21)34(15-18-7-8-18)26(22)23-12-9-19(14-32-23)33-17(3)27(36)25(35)5-2/h6,9-14,17-18,25-26,33,35H,4-5,7-8,15-16H2,1-3H3. The molecule has 1 aromatic heterocycles. The maximum atomic E-state index is 12.7. The van der Waals surface area contributed by atoms with Crippen molar-refractivity contribution in [3.05, 3.63) is 53.9 Å². The molecule has 1 fully saturated rings. The predicted octanol–water partition coefficient (Wildman–Crippen LogP) is 5.93. The van der Waals surface area contributed by atoms with E-state index < -0.39 is 24.9 Å². The topological polar surface area (TPSA) is 74.7 Å². The van der Waals surface area contributed by atoms with Crippen molar-refractivity contribution in [1.29, 1.82) is 0 Å². The minimum absolute atomic E-state index is 0.177. The largest absolute Gasteiger partial charge is 0.484 e. The van der Waals surface area contributed by atoms with Gasteiger partial charge in [0, 0.05) is 23.9 Å². The van der Waals surface area contributed by atoms with E-state index in [1.807, 2.05) is 18.2 Å². The van der Waals surface area contributed by atoms with E-state index in [9.17, 15) is 23.1 Å². The van der Waals surface area contributed by atoms with Gasteiger partial charge in [-0.15, -0.1) is 0 Å². The Hall–Kier alpha value is -3.07. The number of rotatable bonds is 11. The average molecular weight is 518 g/mol. The third-order valence-electron chi connectivity index (χ3n) is 6.77. The number of ketones is 1. The van der Waals surface area contributed by atoms with Crippen LogP contribution in [0.15, 0.2) is 42.6 Å². The molecule has 3 atom stereocenters. The van der Waals surface area contributed by atoms with Gasteiger partial charge in [-0.2, -0.15) is 13.2 Å². The van der Waals surface area contributed by atoms with Gasteiger partial charge in [0.05, 0.1) is 29.7 Å². The molecule has 2 N–H and O–H groups in total. The van der Waals surface area contributed by atoms with Gasteiger partial charge in [-0.25, -0.2) is 0 Å². The second-order valence-electron chi connectivity index (χ2n) is 9.81. The number of hydrogen-bond donors (Lipinski definition) is 2. The molecule has 200 valence electrons. The van der Waals surface area contributed by atoms with E-state index in [4.69, 9.17) is 9.72 Å². The highest BCUT2D eigenvalue weighted by molar-refractivity contribution is 5.90. The van der Waals surface area contributed by atoms with Gasteiger partial charge in [0.2, 0.25) is 0 Å². The van der Waals surface area contributed by atoms with Crippen molar-refractivity contribution in [2.75, 3.05) is 23.4 Å².